The molecule has 0 fully saturated rings. The highest BCUT2D eigenvalue weighted by atomic mass is 35.5. The topological polar surface area (TPSA) is 12.0 Å². The third kappa shape index (κ3) is 3.35. The summed E-state index contributed by atoms with van der Waals surface area (Å²) in [5.41, 5.74) is 1.59. The van der Waals surface area contributed by atoms with E-state index in [4.69, 9.17) is 23.2 Å². The number of hydrogen-bond acceptors (Lipinski definition) is 1. The highest BCUT2D eigenvalue weighted by Gasteiger charge is 2.01. The van der Waals surface area contributed by atoms with E-state index >= 15 is 0 Å². The highest BCUT2D eigenvalue weighted by Crippen LogP contribution is 2.20. The van der Waals surface area contributed by atoms with Gasteiger partial charge in [0.2, 0.25) is 0 Å². The summed E-state index contributed by atoms with van der Waals surface area (Å²) in [6.45, 7) is 0.527. The molecule has 17 heavy (non-hydrogen) atoms. The van der Waals surface area contributed by atoms with Crippen LogP contribution in [0.4, 0.5) is 10.1 Å². The Morgan fingerprint density at radius 3 is 2.53 bits per heavy atom. The second-order valence-electron chi connectivity index (χ2n) is 3.60. The maximum absolute atomic E-state index is 13.1. The lowest BCUT2D eigenvalue weighted by molar-refractivity contribution is 0.628. The van der Waals surface area contributed by atoms with Crippen LogP contribution in [0, 0.1) is 5.82 Å². The van der Waals surface area contributed by atoms with Crippen LogP contribution in [-0.2, 0) is 6.54 Å². The van der Waals surface area contributed by atoms with Crippen LogP contribution in [0.5, 0.6) is 0 Å². The second kappa shape index (κ2) is 5.39. The van der Waals surface area contributed by atoms with Crippen LogP contribution < -0.4 is 5.32 Å². The van der Waals surface area contributed by atoms with E-state index in [2.05, 4.69) is 5.32 Å². The van der Waals surface area contributed by atoms with Gasteiger partial charge in [0.25, 0.3) is 0 Å². The van der Waals surface area contributed by atoms with E-state index in [1.54, 1.807) is 6.07 Å². The van der Waals surface area contributed by atoms with Crippen LogP contribution in [0.1, 0.15) is 5.56 Å². The summed E-state index contributed by atoms with van der Waals surface area (Å²) >= 11 is 11.8. The molecule has 0 aromatic heterocycles. The Morgan fingerprint density at radius 2 is 1.82 bits per heavy atom. The molecule has 0 saturated carbocycles. The Hall–Kier alpha value is -1.25. The number of anilines is 1. The minimum Gasteiger partial charge on any atom is -0.381 e. The third-order valence-corrected chi connectivity index (χ3v) is 2.89. The average molecular weight is 270 g/mol. The third-order valence-electron chi connectivity index (χ3n) is 2.30. The zero-order valence-electron chi connectivity index (χ0n) is 8.88. The Labute approximate surface area is 109 Å². The van der Waals surface area contributed by atoms with Crippen molar-refractivity contribution in [1.82, 2.24) is 0 Å². The Balaban J connectivity index is 2.10. The van der Waals surface area contributed by atoms with E-state index in [-0.39, 0.29) is 5.82 Å². The second-order valence-corrected chi connectivity index (χ2v) is 4.45. The van der Waals surface area contributed by atoms with Gasteiger partial charge in [0.1, 0.15) is 5.82 Å². The number of halogens is 3. The summed E-state index contributed by atoms with van der Waals surface area (Å²) in [4.78, 5) is 0. The summed E-state index contributed by atoms with van der Waals surface area (Å²) in [7, 11) is 0. The lowest BCUT2D eigenvalue weighted by Crippen LogP contribution is -2.00. The predicted octanol–water partition coefficient (Wildman–Crippen LogP) is 4.74. The van der Waals surface area contributed by atoms with Gasteiger partial charge in [0.05, 0.1) is 0 Å². The van der Waals surface area contributed by atoms with Crippen LogP contribution in [-0.4, -0.2) is 0 Å². The molecule has 2 aromatic carbocycles. The van der Waals surface area contributed by atoms with Crippen molar-refractivity contribution in [3.05, 3.63) is 63.9 Å². The van der Waals surface area contributed by atoms with Crippen molar-refractivity contribution in [2.75, 3.05) is 5.32 Å². The van der Waals surface area contributed by atoms with Crippen LogP contribution >= 0.6 is 23.2 Å². The molecule has 4 heteroatoms. The standard InChI is InChI=1S/C13H10Cl2FN/c14-10-5-11(16)7-12(6-10)17-8-9-3-1-2-4-13(9)15/h1-7,17H,8H2. The largest absolute Gasteiger partial charge is 0.381 e. The van der Waals surface area contributed by atoms with Gasteiger partial charge in [-0.25, -0.2) is 4.39 Å². The van der Waals surface area contributed by atoms with Crippen LogP contribution in [0.2, 0.25) is 10.0 Å². The summed E-state index contributed by atoms with van der Waals surface area (Å²) < 4.78 is 13.1. The molecule has 0 aliphatic carbocycles. The van der Waals surface area contributed by atoms with E-state index in [1.807, 2.05) is 24.3 Å². The van der Waals surface area contributed by atoms with Crippen molar-refractivity contribution >= 4 is 28.9 Å². The monoisotopic (exact) mass is 269 g/mol. The summed E-state index contributed by atoms with van der Waals surface area (Å²) in [6.07, 6.45) is 0. The van der Waals surface area contributed by atoms with Gasteiger partial charge in [-0.1, -0.05) is 41.4 Å². The smallest absolute Gasteiger partial charge is 0.126 e. The molecule has 0 aliphatic rings. The van der Waals surface area contributed by atoms with Crippen molar-refractivity contribution in [1.29, 1.82) is 0 Å². The molecule has 0 atom stereocenters. The molecule has 2 rings (SSSR count). The number of hydrogen-bond donors (Lipinski definition) is 1. The van der Waals surface area contributed by atoms with Gasteiger partial charge >= 0.3 is 0 Å². The highest BCUT2D eigenvalue weighted by molar-refractivity contribution is 6.31. The van der Waals surface area contributed by atoms with E-state index in [0.29, 0.717) is 22.3 Å². The van der Waals surface area contributed by atoms with Crippen molar-refractivity contribution in [2.24, 2.45) is 0 Å². The van der Waals surface area contributed by atoms with Gasteiger partial charge in [0, 0.05) is 22.3 Å². The molecule has 0 saturated heterocycles. The SMILES string of the molecule is Fc1cc(Cl)cc(NCc2ccccc2Cl)c1. The van der Waals surface area contributed by atoms with E-state index in [0.717, 1.165) is 5.56 Å². The van der Waals surface area contributed by atoms with Crippen LogP contribution in [0.3, 0.4) is 0 Å². The molecule has 1 N–H and O–H groups in total. The van der Waals surface area contributed by atoms with Crippen LogP contribution in [0.15, 0.2) is 42.5 Å². The first-order valence-electron chi connectivity index (χ1n) is 5.08. The zero-order valence-corrected chi connectivity index (χ0v) is 10.4. The summed E-state index contributed by atoms with van der Waals surface area (Å²) in [5.74, 6) is -0.362. The molecule has 0 heterocycles. The lowest BCUT2D eigenvalue weighted by atomic mass is 10.2. The maximum atomic E-state index is 13.1. The summed E-state index contributed by atoms with van der Waals surface area (Å²) in [6, 6.07) is 11.8. The predicted molar refractivity (Wildman–Crippen MR) is 70.2 cm³/mol. The fourth-order valence-electron chi connectivity index (χ4n) is 1.49. The average Bonchev–Trinajstić information content (AvgIpc) is 2.27. The Morgan fingerprint density at radius 1 is 1.06 bits per heavy atom. The Bertz CT molecular complexity index is 508. The van der Waals surface area contributed by atoms with E-state index in [1.165, 1.54) is 12.1 Å². The molecule has 1 nitrogen and oxygen atoms in total. The van der Waals surface area contributed by atoms with E-state index < -0.39 is 0 Å². The zero-order chi connectivity index (χ0) is 12.3. The van der Waals surface area contributed by atoms with Gasteiger partial charge in [-0.3, -0.25) is 0 Å². The minimum atomic E-state index is -0.362. The molecule has 0 amide bonds. The quantitative estimate of drug-likeness (QED) is 0.849. The first-order valence-corrected chi connectivity index (χ1v) is 5.84. The van der Waals surface area contributed by atoms with Crippen molar-refractivity contribution in [3.8, 4) is 0 Å². The molecule has 0 aliphatic heterocycles. The molecule has 88 valence electrons. The lowest BCUT2D eigenvalue weighted by Gasteiger charge is -2.08. The van der Waals surface area contributed by atoms with Gasteiger partial charge < -0.3 is 5.32 Å². The number of rotatable bonds is 3. The van der Waals surface area contributed by atoms with E-state index in [9.17, 15) is 4.39 Å². The molecule has 0 radical (unpaired) electrons. The fourth-order valence-corrected chi connectivity index (χ4v) is 1.92. The van der Waals surface area contributed by atoms with Crippen molar-refractivity contribution in [3.63, 3.8) is 0 Å². The van der Waals surface area contributed by atoms with Gasteiger partial charge in [-0.2, -0.15) is 0 Å². The molecule has 0 bridgehead atoms. The fraction of sp³-hybridized carbons (Fsp3) is 0.0769. The van der Waals surface area contributed by atoms with Crippen molar-refractivity contribution < 1.29 is 4.39 Å². The molecule has 0 spiro atoms. The van der Waals surface area contributed by atoms with Gasteiger partial charge in [-0.05, 0) is 29.8 Å². The maximum Gasteiger partial charge on any atom is 0.126 e. The van der Waals surface area contributed by atoms with Crippen molar-refractivity contribution in [2.45, 2.75) is 6.54 Å². The summed E-state index contributed by atoms with van der Waals surface area (Å²) in [5, 5.41) is 4.12. The number of benzene rings is 2. The first kappa shape index (κ1) is 12.2. The molecular weight excluding hydrogens is 260 g/mol. The first-order chi connectivity index (χ1) is 8.15. The molecular formula is C13H10Cl2FN. The molecule has 0 unspecified atom stereocenters. The minimum absolute atomic E-state index is 0.362. The van der Waals surface area contributed by atoms with Crippen LogP contribution in [0.25, 0.3) is 0 Å². The number of nitrogens with one attached hydrogen (secondary N) is 1. The van der Waals surface area contributed by atoms with Gasteiger partial charge in [0.15, 0.2) is 0 Å². The molecule has 2 aromatic rings. The Kier molecular flexibility index (Phi) is 3.87. The normalized spacial score (nSPS) is 10.3. The van der Waals surface area contributed by atoms with Gasteiger partial charge in [-0.15, -0.1) is 0 Å².